The van der Waals surface area contributed by atoms with Crippen molar-refractivity contribution in [1.29, 1.82) is 0 Å². The van der Waals surface area contributed by atoms with Crippen molar-refractivity contribution in [3.05, 3.63) is 48.3 Å². The van der Waals surface area contributed by atoms with Gasteiger partial charge in [0.15, 0.2) is 0 Å². The van der Waals surface area contributed by atoms with Crippen LogP contribution in [0.25, 0.3) is 0 Å². The van der Waals surface area contributed by atoms with Crippen LogP contribution in [0.5, 0.6) is 17.2 Å². The topological polar surface area (TPSA) is 43.4 Å². The van der Waals surface area contributed by atoms with Crippen molar-refractivity contribution in [1.82, 2.24) is 10.3 Å². The maximum atomic E-state index is 5.84. The molecule has 2 aromatic rings. The zero-order valence-electron chi connectivity index (χ0n) is 12.8. The second kappa shape index (κ2) is 7.64. The van der Waals surface area contributed by atoms with E-state index in [1.54, 1.807) is 6.20 Å². The first-order chi connectivity index (χ1) is 10.2. The maximum Gasteiger partial charge on any atom is 0.146 e. The largest absolute Gasteiger partial charge is 0.494 e. The van der Waals surface area contributed by atoms with Gasteiger partial charge in [-0.3, -0.25) is 4.98 Å². The Balaban J connectivity index is 2.05. The van der Waals surface area contributed by atoms with Crippen molar-refractivity contribution in [3.63, 3.8) is 0 Å². The quantitative estimate of drug-likeness (QED) is 0.841. The van der Waals surface area contributed by atoms with Crippen molar-refractivity contribution in [3.8, 4) is 17.2 Å². The molecule has 0 aliphatic heterocycles. The molecule has 0 aliphatic rings. The maximum absolute atomic E-state index is 5.84. The molecular formula is C17H22N2O2. The van der Waals surface area contributed by atoms with Gasteiger partial charge in [-0.1, -0.05) is 19.9 Å². The Hall–Kier alpha value is -2.07. The molecule has 1 heterocycles. The number of aromatic nitrogens is 1. The second-order valence-electron chi connectivity index (χ2n) is 5.07. The lowest BCUT2D eigenvalue weighted by atomic mass is 10.2. The Morgan fingerprint density at radius 2 is 1.90 bits per heavy atom. The lowest BCUT2D eigenvalue weighted by Gasteiger charge is -2.10. The van der Waals surface area contributed by atoms with Crippen LogP contribution in [0.1, 0.15) is 26.3 Å². The van der Waals surface area contributed by atoms with Gasteiger partial charge in [-0.05, 0) is 30.7 Å². The molecule has 0 aliphatic carbocycles. The molecule has 1 N–H and O–H groups in total. The summed E-state index contributed by atoms with van der Waals surface area (Å²) < 4.78 is 11.3. The van der Waals surface area contributed by atoms with E-state index in [4.69, 9.17) is 9.47 Å². The lowest BCUT2D eigenvalue weighted by molar-refractivity contribution is 0.338. The van der Waals surface area contributed by atoms with Gasteiger partial charge >= 0.3 is 0 Å². The number of pyridine rings is 1. The molecule has 21 heavy (non-hydrogen) atoms. The predicted molar refractivity (Wildman–Crippen MR) is 83.9 cm³/mol. The molecule has 1 aromatic heterocycles. The van der Waals surface area contributed by atoms with Gasteiger partial charge in [0.05, 0.1) is 12.8 Å². The normalized spacial score (nSPS) is 10.7. The molecule has 4 heteroatoms. The summed E-state index contributed by atoms with van der Waals surface area (Å²) in [4.78, 5) is 4.22. The fraction of sp³-hybridized carbons (Fsp3) is 0.353. The van der Waals surface area contributed by atoms with E-state index in [-0.39, 0.29) is 0 Å². The van der Waals surface area contributed by atoms with Gasteiger partial charge < -0.3 is 14.8 Å². The van der Waals surface area contributed by atoms with Crippen LogP contribution in [0.4, 0.5) is 0 Å². The molecule has 0 bridgehead atoms. The molecule has 0 unspecified atom stereocenters. The minimum absolute atomic E-state index is 0.442. The van der Waals surface area contributed by atoms with Crippen molar-refractivity contribution in [2.24, 2.45) is 0 Å². The zero-order valence-corrected chi connectivity index (χ0v) is 12.8. The number of ether oxygens (including phenoxy) is 2. The number of rotatable bonds is 7. The van der Waals surface area contributed by atoms with E-state index in [0.29, 0.717) is 12.6 Å². The molecule has 0 amide bonds. The highest BCUT2D eigenvalue weighted by molar-refractivity contribution is 5.36. The smallest absolute Gasteiger partial charge is 0.146 e. The summed E-state index contributed by atoms with van der Waals surface area (Å²) in [6.07, 6.45) is 3.56. The highest BCUT2D eigenvalue weighted by Crippen LogP contribution is 2.25. The molecule has 0 radical (unpaired) electrons. The van der Waals surface area contributed by atoms with Crippen molar-refractivity contribution < 1.29 is 9.47 Å². The van der Waals surface area contributed by atoms with Gasteiger partial charge in [-0.2, -0.15) is 0 Å². The Kier molecular flexibility index (Phi) is 5.58. The average Bonchev–Trinajstić information content (AvgIpc) is 2.46. The third-order valence-corrected chi connectivity index (χ3v) is 2.84. The van der Waals surface area contributed by atoms with Crippen LogP contribution in [0.2, 0.25) is 0 Å². The van der Waals surface area contributed by atoms with Gasteiger partial charge in [0.2, 0.25) is 0 Å². The Bertz CT molecular complexity index is 570. The summed E-state index contributed by atoms with van der Waals surface area (Å²) in [7, 11) is 0. The second-order valence-corrected chi connectivity index (χ2v) is 5.07. The first kappa shape index (κ1) is 15.3. The molecule has 4 nitrogen and oxygen atoms in total. The summed E-state index contributed by atoms with van der Waals surface area (Å²) >= 11 is 0. The lowest BCUT2D eigenvalue weighted by Crippen LogP contribution is -2.21. The Morgan fingerprint density at radius 3 is 2.67 bits per heavy atom. The zero-order chi connectivity index (χ0) is 15.1. The molecular weight excluding hydrogens is 264 g/mol. The van der Waals surface area contributed by atoms with Crippen molar-refractivity contribution >= 4 is 0 Å². The van der Waals surface area contributed by atoms with Crippen LogP contribution in [0.3, 0.4) is 0 Å². The minimum atomic E-state index is 0.442. The van der Waals surface area contributed by atoms with E-state index in [2.05, 4.69) is 24.1 Å². The van der Waals surface area contributed by atoms with Gasteiger partial charge in [-0.25, -0.2) is 0 Å². The Labute approximate surface area is 126 Å². The van der Waals surface area contributed by atoms with Crippen LogP contribution < -0.4 is 14.8 Å². The summed E-state index contributed by atoms with van der Waals surface area (Å²) in [5.74, 6) is 2.28. The number of nitrogens with zero attached hydrogens (tertiary/aromatic N) is 1. The standard InChI is InChI=1S/C17H22N2O2/c1-4-20-15-6-5-7-16(9-15)21-17-8-14(10-18-12-17)11-19-13(2)3/h5-10,12-13,19H,4,11H2,1-3H3. The fourth-order valence-electron chi connectivity index (χ4n) is 1.87. The van der Waals surface area contributed by atoms with E-state index in [0.717, 1.165) is 29.4 Å². The molecule has 0 fully saturated rings. The van der Waals surface area contributed by atoms with E-state index < -0.39 is 0 Å². The first-order valence-corrected chi connectivity index (χ1v) is 7.25. The van der Waals surface area contributed by atoms with E-state index in [1.165, 1.54) is 0 Å². The van der Waals surface area contributed by atoms with Crippen LogP contribution in [0, 0.1) is 0 Å². The van der Waals surface area contributed by atoms with Crippen molar-refractivity contribution in [2.45, 2.75) is 33.4 Å². The number of hydrogen-bond donors (Lipinski definition) is 1. The Morgan fingerprint density at radius 1 is 1.10 bits per heavy atom. The van der Waals surface area contributed by atoms with Crippen LogP contribution in [-0.2, 0) is 6.54 Å². The SMILES string of the molecule is CCOc1cccc(Oc2cncc(CNC(C)C)c2)c1. The molecule has 2 rings (SSSR count). The van der Waals surface area contributed by atoms with Crippen molar-refractivity contribution in [2.75, 3.05) is 6.61 Å². The average molecular weight is 286 g/mol. The molecule has 0 saturated carbocycles. The van der Waals surface area contributed by atoms with Crippen LogP contribution in [0.15, 0.2) is 42.7 Å². The summed E-state index contributed by atoms with van der Waals surface area (Å²) in [5.41, 5.74) is 1.10. The van der Waals surface area contributed by atoms with Gasteiger partial charge in [0, 0.05) is 24.8 Å². The van der Waals surface area contributed by atoms with Crippen LogP contribution in [-0.4, -0.2) is 17.6 Å². The summed E-state index contributed by atoms with van der Waals surface area (Å²) in [5, 5.41) is 3.36. The number of hydrogen-bond acceptors (Lipinski definition) is 4. The van der Waals surface area contributed by atoms with Gasteiger partial charge in [-0.15, -0.1) is 0 Å². The fourth-order valence-corrected chi connectivity index (χ4v) is 1.87. The highest BCUT2D eigenvalue weighted by atomic mass is 16.5. The minimum Gasteiger partial charge on any atom is -0.494 e. The number of nitrogens with one attached hydrogen (secondary N) is 1. The van der Waals surface area contributed by atoms with E-state index >= 15 is 0 Å². The third-order valence-electron chi connectivity index (χ3n) is 2.84. The molecule has 0 atom stereocenters. The molecule has 0 saturated heterocycles. The molecule has 0 spiro atoms. The monoisotopic (exact) mass is 286 g/mol. The predicted octanol–water partition coefficient (Wildman–Crippen LogP) is 3.77. The van der Waals surface area contributed by atoms with Gasteiger partial charge in [0.25, 0.3) is 0 Å². The van der Waals surface area contributed by atoms with E-state index in [9.17, 15) is 0 Å². The van der Waals surface area contributed by atoms with E-state index in [1.807, 2.05) is 43.5 Å². The summed E-state index contributed by atoms with van der Waals surface area (Å²) in [6, 6.07) is 10.0. The summed E-state index contributed by atoms with van der Waals surface area (Å²) in [6.45, 7) is 7.62. The number of benzene rings is 1. The van der Waals surface area contributed by atoms with Crippen LogP contribution >= 0.6 is 0 Å². The molecule has 112 valence electrons. The molecule has 1 aromatic carbocycles. The third kappa shape index (κ3) is 5.08. The highest BCUT2D eigenvalue weighted by Gasteiger charge is 2.02. The first-order valence-electron chi connectivity index (χ1n) is 7.25. The van der Waals surface area contributed by atoms with Gasteiger partial charge in [0.1, 0.15) is 17.2 Å².